The SMILES string of the molecule is Cc1nc(N2CCCC2)nc(C)c1NC(=O)c1ccc2nsnc2c1. The Morgan fingerprint density at radius 1 is 1.08 bits per heavy atom. The van der Waals surface area contributed by atoms with Gasteiger partial charge in [0.1, 0.15) is 11.0 Å². The number of hydrogen-bond acceptors (Lipinski definition) is 7. The molecular formula is C17H18N6OS. The predicted octanol–water partition coefficient (Wildman–Crippen LogP) is 2.95. The third kappa shape index (κ3) is 3.05. The molecule has 0 saturated carbocycles. The lowest BCUT2D eigenvalue weighted by Gasteiger charge is -2.18. The summed E-state index contributed by atoms with van der Waals surface area (Å²) in [5.74, 6) is 0.555. The van der Waals surface area contributed by atoms with Crippen LogP contribution in [0.25, 0.3) is 11.0 Å². The Morgan fingerprint density at radius 2 is 1.76 bits per heavy atom. The van der Waals surface area contributed by atoms with E-state index in [1.807, 2.05) is 13.8 Å². The van der Waals surface area contributed by atoms with E-state index >= 15 is 0 Å². The van der Waals surface area contributed by atoms with Crippen LogP contribution < -0.4 is 10.2 Å². The number of aromatic nitrogens is 4. The molecule has 0 bridgehead atoms. The maximum absolute atomic E-state index is 12.6. The average molecular weight is 354 g/mol. The maximum Gasteiger partial charge on any atom is 0.255 e. The van der Waals surface area contributed by atoms with Crippen molar-refractivity contribution >= 4 is 40.3 Å². The van der Waals surface area contributed by atoms with Gasteiger partial charge in [-0.2, -0.15) is 8.75 Å². The van der Waals surface area contributed by atoms with E-state index in [9.17, 15) is 4.79 Å². The summed E-state index contributed by atoms with van der Waals surface area (Å²) in [4.78, 5) is 24.0. The number of nitrogens with one attached hydrogen (secondary N) is 1. The largest absolute Gasteiger partial charge is 0.341 e. The molecule has 3 aromatic rings. The van der Waals surface area contributed by atoms with Crippen molar-refractivity contribution in [1.29, 1.82) is 0 Å². The maximum atomic E-state index is 12.6. The van der Waals surface area contributed by atoms with Crippen molar-refractivity contribution in [3.63, 3.8) is 0 Å². The Bertz CT molecular complexity index is 924. The summed E-state index contributed by atoms with van der Waals surface area (Å²) in [7, 11) is 0. The first kappa shape index (κ1) is 15.9. The van der Waals surface area contributed by atoms with Crippen LogP contribution in [0.15, 0.2) is 18.2 Å². The monoisotopic (exact) mass is 354 g/mol. The number of carbonyl (C=O) groups is 1. The first-order valence-corrected chi connectivity index (χ1v) is 8.99. The molecule has 25 heavy (non-hydrogen) atoms. The second kappa shape index (κ2) is 6.36. The highest BCUT2D eigenvalue weighted by molar-refractivity contribution is 7.00. The molecule has 1 aliphatic heterocycles. The molecule has 1 N–H and O–H groups in total. The summed E-state index contributed by atoms with van der Waals surface area (Å²) in [5, 5.41) is 2.94. The molecular weight excluding hydrogens is 336 g/mol. The lowest BCUT2D eigenvalue weighted by atomic mass is 10.1. The van der Waals surface area contributed by atoms with Crippen LogP contribution in [0.5, 0.6) is 0 Å². The van der Waals surface area contributed by atoms with E-state index in [0.717, 1.165) is 53.2 Å². The highest BCUT2D eigenvalue weighted by Gasteiger charge is 2.19. The number of carbonyl (C=O) groups excluding carboxylic acids is 1. The Morgan fingerprint density at radius 3 is 2.48 bits per heavy atom. The van der Waals surface area contributed by atoms with E-state index in [-0.39, 0.29) is 5.91 Å². The lowest BCUT2D eigenvalue weighted by Crippen LogP contribution is -2.22. The van der Waals surface area contributed by atoms with Crippen molar-refractivity contribution in [3.05, 3.63) is 35.2 Å². The van der Waals surface area contributed by atoms with E-state index in [1.54, 1.807) is 18.2 Å². The van der Waals surface area contributed by atoms with Gasteiger partial charge < -0.3 is 10.2 Å². The van der Waals surface area contributed by atoms with Gasteiger partial charge in [-0.1, -0.05) is 0 Å². The van der Waals surface area contributed by atoms with Crippen molar-refractivity contribution in [1.82, 2.24) is 18.7 Å². The summed E-state index contributed by atoms with van der Waals surface area (Å²) in [6.45, 7) is 5.79. The van der Waals surface area contributed by atoms with Gasteiger partial charge in [-0.3, -0.25) is 4.79 Å². The van der Waals surface area contributed by atoms with E-state index < -0.39 is 0 Å². The molecule has 0 unspecified atom stereocenters. The second-order valence-corrected chi connectivity index (χ2v) is 6.71. The van der Waals surface area contributed by atoms with Crippen LogP contribution in [-0.2, 0) is 0 Å². The molecule has 2 aromatic heterocycles. The Balaban J connectivity index is 1.59. The quantitative estimate of drug-likeness (QED) is 0.778. The molecule has 3 heterocycles. The molecule has 1 aliphatic rings. The fraction of sp³-hybridized carbons (Fsp3) is 0.353. The van der Waals surface area contributed by atoms with Crippen LogP contribution in [0.2, 0.25) is 0 Å². The summed E-state index contributed by atoms with van der Waals surface area (Å²) < 4.78 is 8.33. The van der Waals surface area contributed by atoms with Gasteiger partial charge >= 0.3 is 0 Å². The van der Waals surface area contributed by atoms with Gasteiger partial charge in [0, 0.05) is 18.7 Å². The summed E-state index contributed by atoms with van der Waals surface area (Å²) >= 11 is 1.14. The molecule has 0 spiro atoms. The molecule has 0 radical (unpaired) electrons. The van der Waals surface area contributed by atoms with E-state index in [1.165, 1.54) is 12.8 Å². The van der Waals surface area contributed by atoms with Gasteiger partial charge in [0.15, 0.2) is 0 Å². The fourth-order valence-corrected chi connectivity index (χ4v) is 3.56. The van der Waals surface area contributed by atoms with Crippen LogP contribution >= 0.6 is 11.7 Å². The third-order valence-corrected chi connectivity index (χ3v) is 4.96. The van der Waals surface area contributed by atoms with Gasteiger partial charge in [0.2, 0.25) is 5.95 Å². The average Bonchev–Trinajstić information content (AvgIpc) is 3.28. The zero-order valence-corrected chi connectivity index (χ0v) is 14.9. The smallest absolute Gasteiger partial charge is 0.255 e. The molecule has 1 fully saturated rings. The second-order valence-electron chi connectivity index (χ2n) is 6.19. The number of hydrogen-bond donors (Lipinski definition) is 1. The molecule has 8 heteroatoms. The van der Waals surface area contributed by atoms with Crippen LogP contribution in [0.1, 0.15) is 34.6 Å². The van der Waals surface area contributed by atoms with Gasteiger partial charge in [-0.15, -0.1) is 0 Å². The molecule has 4 rings (SSSR count). The lowest BCUT2D eigenvalue weighted by molar-refractivity contribution is 0.102. The standard InChI is InChI=1S/C17H18N6OS/c1-10-15(11(2)19-17(18-10)23-7-3-4-8-23)20-16(24)12-5-6-13-14(9-12)22-25-21-13/h5-6,9H,3-4,7-8H2,1-2H3,(H,20,24). The predicted molar refractivity (Wildman–Crippen MR) is 98.3 cm³/mol. The number of fused-ring (bicyclic) bond motifs is 1. The summed E-state index contributed by atoms with van der Waals surface area (Å²) in [5.41, 5.74) is 4.30. The molecule has 1 amide bonds. The summed E-state index contributed by atoms with van der Waals surface area (Å²) in [6, 6.07) is 5.31. The molecule has 7 nitrogen and oxygen atoms in total. The minimum Gasteiger partial charge on any atom is -0.341 e. The van der Waals surface area contributed by atoms with Crippen molar-refractivity contribution in [2.45, 2.75) is 26.7 Å². The number of anilines is 2. The van der Waals surface area contributed by atoms with Crippen molar-refractivity contribution in [3.8, 4) is 0 Å². The Kier molecular flexibility index (Phi) is 4.04. The van der Waals surface area contributed by atoms with Crippen LogP contribution in [0, 0.1) is 13.8 Å². The highest BCUT2D eigenvalue weighted by Crippen LogP contribution is 2.24. The molecule has 1 saturated heterocycles. The zero-order valence-electron chi connectivity index (χ0n) is 14.1. The van der Waals surface area contributed by atoms with Gasteiger partial charge in [0.25, 0.3) is 5.91 Å². The molecule has 0 aliphatic carbocycles. The number of benzene rings is 1. The normalized spacial score (nSPS) is 14.2. The number of aryl methyl sites for hydroxylation is 2. The Hall–Kier alpha value is -2.61. The number of amides is 1. The third-order valence-electron chi connectivity index (χ3n) is 4.40. The molecule has 0 atom stereocenters. The topological polar surface area (TPSA) is 83.9 Å². The van der Waals surface area contributed by atoms with Crippen molar-refractivity contribution in [2.75, 3.05) is 23.3 Å². The summed E-state index contributed by atoms with van der Waals surface area (Å²) in [6.07, 6.45) is 2.35. The first-order chi connectivity index (χ1) is 12.1. The Labute approximate surface area is 149 Å². The van der Waals surface area contributed by atoms with E-state index in [0.29, 0.717) is 11.3 Å². The van der Waals surface area contributed by atoms with E-state index in [2.05, 4.69) is 28.9 Å². The number of rotatable bonds is 3. The van der Waals surface area contributed by atoms with Gasteiger partial charge in [-0.25, -0.2) is 9.97 Å². The van der Waals surface area contributed by atoms with Crippen molar-refractivity contribution < 1.29 is 4.79 Å². The van der Waals surface area contributed by atoms with Gasteiger partial charge in [-0.05, 0) is 44.9 Å². The molecule has 1 aromatic carbocycles. The number of nitrogens with zero attached hydrogens (tertiary/aromatic N) is 5. The highest BCUT2D eigenvalue weighted by atomic mass is 32.1. The minimum atomic E-state index is -0.196. The fourth-order valence-electron chi connectivity index (χ4n) is 3.05. The zero-order chi connectivity index (χ0) is 17.4. The van der Waals surface area contributed by atoms with Crippen LogP contribution in [0.4, 0.5) is 11.6 Å². The van der Waals surface area contributed by atoms with E-state index in [4.69, 9.17) is 0 Å². The molecule has 128 valence electrons. The minimum absolute atomic E-state index is 0.196. The van der Waals surface area contributed by atoms with Gasteiger partial charge in [0.05, 0.1) is 28.8 Å². The van der Waals surface area contributed by atoms with Crippen LogP contribution in [-0.4, -0.2) is 37.7 Å². The first-order valence-electron chi connectivity index (χ1n) is 8.26. The van der Waals surface area contributed by atoms with Crippen LogP contribution in [0.3, 0.4) is 0 Å². The van der Waals surface area contributed by atoms with Crippen molar-refractivity contribution in [2.24, 2.45) is 0 Å².